The normalized spacial score (nSPS) is 25.6. The largest absolute Gasteiger partial charge is 0.490 e. The Morgan fingerprint density at radius 1 is 1.43 bits per heavy atom. The first-order chi connectivity index (χ1) is 6.65. The Bertz CT molecular complexity index is 332. The average Bonchev–Trinajstić information content (AvgIpc) is 2.09. The van der Waals surface area contributed by atoms with Gasteiger partial charge in [-0.1, -0.05) is 0 Å². The molecule has 3 heteroatoms. The van der Waals surface area contributed by atoms with Crippen LogP contribution in [0.4, 0.5) is 4.39 Å². The highest BCUT2D eigenvalue weighted by molar-refractivity contribution is 5.29. The van der Waals surface area contributed by atoms with Crippen molar-refractivity contribution in [3.8, 4) is 5.75 Å². The van der Waals surface area contributed by atoms with Gasteiger partial charge >= 0.3 is 0 Å². The molecule has 0 heterocycles. The van der Waals surface area contributed by atoms with Crippen molar-refractivity contribution in [3.05, 3.63) is 29.6 Å². The van der Waals surface area contributed by atoms with Gasteiger partial charge in [-0.05, 0) is 30.7 Å². The molecular weight excluding hydrogens is 183 g/mol. The third-order valence-electron chi connectivity index (χ3n) is 2.50. The zero-order chi connectivity index (χ0) is 10.1. The number of aliphatic hydroxyl groups is 1. The van der Waals surface area contributed by atoms with E-state index in [0.717, 1.165) is 0 Å². The molecule has 0 spiro atoms. The van der Waals surface area contributed by atoms with E-state index in [1.165, 1.54) is 6.07 Å². The van der Waals surface area contributed by atoms with Crippen LogP contribution < -0.4 is 4.74 Å². The summed E-state index contributed by atoms with van der Waals surface area (Å²) in [5.41, 5.74) is 0.586. The van der Waals surface area contributed by atoms with Gasteiger partial charge in [0.1, 0.15) is 17.7 Å². The fourth-order valence-electron chi connectivity index (χ4n) is 1.52. The summed E-state index contributed by atoms with van der Waals surface area (Å²) in [5.74, 6) is 0.465. The third kappa shape index (κ3) is 1.87. The molecule has 1 N–H and O–H groups in total. The van der Waals surface area contributed by atoms with Gasteiger partial charge < -0.3 is 9.84 Å². The van der Waals surface area contributed by atoms with Crippen LogP contribution in [0.25, 0.3) is 0 Å². The Hall–Kier alpha value is -1.09. The lowest BCUT2D eigenvalue weighted by Crippen LogP contribution is -2.37. The summed E-state index contributed by atoms with van der Waals surface area (Å²) in [6.07, 6.45) is 1.23. The molecule has 1 aromatic carbocycles. The number of hydrogen-bond donors (Lipinski definition) is 1. The molecule has 1 aliphatic carbocycles. The molecule has 2 rings (SSSR count). The first kappa shape index (κ1) is 9.46. The second-order valence-corrected chi connectivity index (χ2v) is 3.78. The van der Waals surface area contributed by atoms with Gasteiger partial charge in [-0.3, -0.25) is 0 Å². The minimum Gasteiger partial charge on any atom is -0.490 e. The molecular formula is C11H13FO2. The topological polar surface area (TPSA) is 29.5 Å². The van der Waals surface area contributed by atoms with E-state index < -0.39 is 0 Å². The minimum absolute atomic E-state index is 0.0925. The maximum Gasteiger partial charge on any atom is 0.126 e. The van der Waals surface area contributed by atoms with Crippen LogP contribution in [0.2, 0.25) is 0 Å². The summed E-state index contributed by atoms with van der Waals surface area (Å²) in [6, 6.07) is 4.70. The lowest BCUT2D eigenvalue weighted by atomic mass is 9.92. The van der Waals surface area contributed by atoms with Crippen molar-refractivity contribution >= 4 is 0 Å². The summed E-state index contributed by atoms with van der Waals surface area (Å²) < 4.78 is 18.4. The number of hydrogen-bond acceptors (Lipinski definition) is 2. The van der Waals surface area contributed by atoms with Gasteiger partial charge in [-0.25, -0.2) is 4.39 Å². The molecule has 0 amide bonds. The van der Waals surface area contributed by atoms with E-state index in [4.69, 9.17) is 9.84 Å². The van der Waals surface area contributed by atoms with Crippen molar-refractivity contribution in [2.75, 3.05) is 0 Å². The summed E-state index contributed by atoms with van der Waals surface area (Å²) in [4.78, 5) is 0. The first-order valence-electron chi connectivity index (χ1n) is 4.76. The Labute approximate surface area is 82.3 Å². The second-order valence-electron chi connectivity index (χ2n) is 3.78. The summed E-state index contributed by atoms with van der Waals surface area (Å²) in [6.45, 7) is 1.71. The predicted molar refractivity (Wildman–Crippen MR) is 50.8 cm³/mol. The highest BCUT2D eigenvalue weighted by Gasteiger charge is 2.28. The standard InChI is InChI=1S/C11H13FO2/c1-7-4-9(2-3-11(7)12)14-10-5-8(13)6-10/h2-4,8,10,13H,5-6H2,1H3. The zero-order valence-electron chi connectivity index (χ0n) is 8.03. The van der Waals surface area contributed by atoms with Crippen molar-refractivity contribution in [3.63, 3.8) is 0 Å². The van der Waals surface area contributed by atoms with Gasteiger partial charge in [0.15, 0.2) is 0 Å². The molecule has 0 atom stereocenters. The van der Waals surface area contributed by atoms with Crippen LogP contribution in [0.15, 0.2) is 18.2 Å². The molecule has 1 aromatic rings. The molecule has 0 aliphatic heterocycles. The third-order valence-corrected chi connectivity index (χ3v) is 2.50. The molecule has 76 valence electrons. The van der Waals surface area contributed by atoms with E-state index >= 15 is 0 Å². The average molecular weight is 196 g/mol. The number of rotatable bonds is 2. The zero-order valence-corrected chi connectivity index (χ0v) is 8.03. The fraction of sp³-hybridized carbons (Fsp3) is 0.455. The number of aliphatic hydroxyl groups excluding tert-OH is 1. The van der Waals surface area contributed by atoms with E-state index in [0.29, 0.717) is 24.2 Å². The maximum atomic E-state index is 12.9. The highest BCUT2D eigenvalue weighted by atomic mass is 19.1. The molecule has 1 saturated carbocycles. The monoisotopic (exact) mass is 196 g/mol. The molecule has 14 heavy (non-hydrogen) atoms. The molecule has 0 saturated heterocycles. The van der Waals surface area contributed by atoms with Gasteiger partial charge in [-0.2, -0.15) is 0 Å². The van der Waals surface area contributed by atoms with Crippen molar-refractivity contribution in [2.45, 2.75) is 32.0 Å². The van der Waals surface area contributed by atoms with Crippen LogP contribution in [0.5, 0.6) is 5.75 Å². The van der Waals surface area contributed by atoms with E-state index in [9.17, 15) is 4.39 Å². The van der Waals surface area contributed by atoms with Gasteiger partial charge in [-0.15, -0.1) is 0 Å². The van der Waals surface area contributed by atoms with Crippen LogP contribution in [0.1, 0.15) is 18.4 Å². The number of aryl methyl sites for hydroxylation is 1. The smallest absolute Gasteiger partial charge is 0.126 e. The van der Waals surface area contributed by atoms with Crippen molar-refractivity contribution < 1.29 is 14.2 Å². The first-order valence-corrected chi connectivity index (χ1v) is 4.76. The van der Waals surface area contributed by atoms with Crippen LogP contribution in [-0.4, -0.2) is 17.3 Å². The highest BCUT2D eigenvalue weighted by Crippen LogP contribution is 2.26. The van der Waals surface area contributed by atoms with Gasteiger partial charge in [0.25, 0.3) is 0 Å². The quantitative estimate of drug-likeness (QED) is 0.784. The molecule has 0 bridgehead atoms. The Balaban J connectivity index is 2.00. The number of halogens is 1. The SMILES string of the molecule is Cc1cc(OC2CC(O)C2)ccc1F. The summed E-state index contributed by atoms with van der Waals surface area (Å²) in [5, 5.41) is 9.06. The molecule has 0 radical (unpaired) electrons. The minimum atomic E-state index is -0.221. The van der Waals surface area contributed by atoms with E-state index in [1.807, 2.05) is 0 Å². The van der Waals surface area contributed by atoms with Crippen molar-refractivity contribution in [1.82, 2.24) is 0 Å². The van der Waals surface area contributed by atoms with Crippen LogP contribution >= 0.6 is 0 Å². The Morgan fingerprint density at radius 2 is 2.14 bits per heavy atom. The van der Waals surface area contributed by atoms with Gasteiger partial charge in [0.05, 0.1) is 6.10 Å². The summed E-state index contributed by atoms with van der Waals surface area (Å²) in [7, 11) is 0. The molecule has 1 aliphatic rings. The van der Waals surface area contributed by atoms with Crippen LogP contribution in [0.3, 0.4) is 0 Å². The van der Waals surface area contributed by atoms with E-state index in [-0.39, 0.29) is 18.0 Å². The van der Waals surface area contributed by atoms with Crippen molar-refractivity contribution in [2.24, 2.45) is 0 Å². The lowest BCUT2D eigenvalue weighted by molar-refractivity contribution is -0.0108. The molecule has 0 unspecified atom stereocenters. The second kappa shape index (κ2) is 3.58. The fourth-order valence-corrected chi connectivity index (χ4v) is 1.52. The molecule has 0 aromatic heterocycles. The lowest BCUT2D eigenvalue weighted by Gasteiger charge is -2.31. The number of ether oxygens (including phenoxy) is 1. The Kier molecular flexibility index (Phi) is 2.42. The van der Waals surface area contributed by atoms with Crippen molar-refractivity contribution in [1.29, 1.82) is 0 Å². The van der Waals surface area contributed by atoms with Crippen LogP contribution in [-0.2, 0) is 0 Å². The maximum absolute atomic E-state index is 12.9. The molecule has 2 nitrogen and oxygen atoms in total. The van der Waals surface area contributed by atoms with Crippen LogP contribution in [0, 0.1) is 12.7 Å². The summed E-state index contributed by atoms with van der Waals surface area (Å²) >= 11 is 0. The van der Waals surface area contributed by atoms with Gasteiger partial charge in [0, 0.05) is 12.8 Å². The predicted octanol–water partition coefficient (Wildman–Crippen LogP) is 2.04. The Morgan fingerprint density at radius 3 is 2.71 bits per heavy atom. The molecule has 1 fully saturated rings. The van der Waals surface area contributed by atoms with E-state index in [2.05, 4.69) is 0 Å². The van der Waals surface area contributed by atoms with E-state index in [1.54, 1.807) is 19.1 Å². The van der Waals surface area contributed by atoms with Gasteiger partial charge in [0.2, 0.25) is 0 Å². The number of benzene rings is 1.